The highest BCUT2D eigenvalue weighted by Crippen LogP contribution is 2.23. The summed E-state index contributed by atoms with van der Waals surface area (Å²) in [6.07, 6.45) is 3.99. The van der Waals surface area contributed by atoms with E-state index in [1.54, 1.807) is 29.1 Å². The van der Waals surface area contributed by atoms with Crippen LogP contribution in [0.3, 0.4) is 0 Å². The van der Waals surface area contributed by atoms with Crippen LogP contribution < -0.4 is 10.9 Å². The van der Waals surface area contributed by atoms with E-state index < -0.39 is 10.0 Å². The fourth-order valence-corrected chi connectivity index (χ4v) is 2.53. The molecule has 2 rings (SSSR count). The molecule has 2 aromatic rings. The molecule has 0 amide bonds. The molecule has 0 atom stereocenters. The third kappa shape index (κ3) is 2.22. The monoisotopic (exact) mass is 266 g/mol. The minimum absolute atomic E-state index is 0.00444. The van der Waals surface area contributed by atoms with Crippen LogP contribution in [0.1, 0.15) is 12.7 Å². The molecule has 1 aromatic carbocycles. The van der Waals surface area contributed by atoms with Gasteiger partial charge < -0.3 is 10.3 Å². The SMILES string of the molecule is CCc1nccn1-c1ccc(N)cc1S(N)(=O)=O. The molecule has 96 valence electrons. The Kier molecular flexibility index (Phi) is 3.10. The summed E-state index contributed by atoms with van der Waals surface area (Å²) in [5.74, 6) is 0.754. The van der Waals surface area contributed by atoms with E-state index in [0.717, 1.165) is 5.82 Å². The quantitative estimate of drug-likeness (QED) is 0.796. The van der Waals surface area contributed by atoms with Crippen LogP contribution in [0.5, 0.6) is 0 Å². The van der Waals surface area contributed by atoms with Gasteiger partial charge >= 0.3 is 0 Å². The Morgan fingerprint density at radius 3 is 2.72 bits per heavy atom. The molecule has 0 saturated heterocycles. The predicted molar refractivity (Wildman–Crippen MR) is 68.7 cm³/mol. The van der Waals surface area contributed by atoms with Crippen LogP contribution in [0, 0.1) is 0 Å². The topological polar surface area (TPSA) is 104 Å². The van der Waals surface area contributed by atoms with Crippen molar-refractivity contribution in [1.29, 1.82) is 0 Å². The summed E-state index contributed by atoms with van der Waals surface area (Å²) < 4.78 is 24.9. The van der Waals surface area contributed by atoms with Crippen molar-refractivity contribution in [2.24, 2.45) is 5.14 Å². The number of nitrogen functional groups attached to an aromatic ring is 1. The molecule has 7 heteroatoms. The van der Waals surface area contributed by atoms with Gasteiger partial charge in [-0.3, -0.25) is 0 Å². The first-order valence-electron chi connectivity index (χ1n) is 5.38. The molecule has 6 nitrogen and oxygen atoms in total. The highest BCUT2D eigenvalue weighted by molar-refractivity contribution is 7.89. The van der Waals surface area contributed by atoms with Crippen molar-refractivity contribution in [1.82, 2.24) is 9.55 Å². The number of hydrogen-bond acceptors (Lipinski definition) is 4. The number of sulfonamides is 1. The van der Waals surface area contributed by atoms with Gasteiger partial charge in [-0.1, -0.05) is 6.92 Å². The first-order chi connectivity index (χ1) is 8.43. The molecule has 0 radical (unpaired) electrons. The highest BCUT2D eigenvalue weighted by Gasteiger charge is 2.17. The molecule has 0 unspecified atom stereocenters. The average Bonchev–Trinajstić information content (AvgIpc) is 2.75. The van der Waals surface area contributed by atoms with Gasteiger partial charge in [0, 0.05) is 24.5 Å². The zero-order valence-corrected chi connectivity index (χ0v) is 10.7. The lowest BCUT2D eigenvalue weighted by Gasteiger charge is -2.11. The molecule has 18 heavy (non-hydrogen) atoms. The van der Waals surface area contributed by atoms with Crippen LogP contribution in [-0.2, 0) is 16.4 Å². The number of aryl methyl sites for hydroxylation is 1. The number of rotatable bonds is 3. The van der Waals surface area contributed by atoms with E-state index in [4.69, 9.17) is 10.9 Å². The van der Waals surface area contributed by atoms with Gasteiger partial charge in [-0.2, -0.15) is 0 Å². The Hall–Kier alpha value is -1.86. The number of primary sulfonamides is 1. The first kappa shape index (κ1) is 12.6. The van der Waals surface area contributed by atoms with Gasteiger partial charge in [-0.15, -0.1) is 0 Å². The van der Waals surface area contributed by atoms with Crippen LogP contribution in [0.15, 0.2) is 35.5 Å². The van der Waals surface area contributed by atoms with Gasteiger partial charge in [0.15, 0.2) is 0 Å². The van der Waals surface area contributed by atoms with Crippen molar-refractivity contribution in [2.45, 2.75) is 18.2 Å². The van der Waals surface area contributed by atoms with E-state index in [2.05, 4.69) is 4.98 Å². The van der Waals surface area contributed by atoms with E-state index in [1.807, 2.05) is 6.92 Å². The molecular weight excluding hydrogens is 252 g/mol. The van der Waals surface area contributed by atoms with Crippen molar-refractivity contribution in [3.05, 3.63) is 36.4 Å². The number of nitrogens with zero attached hydrogens (tertiary/aromatic N) is 2. The van der Waals surface area contributed by atoms with Gasteiger partial charge in [-0.25, -0.2) is 18.5 Å². The smallest absolute Gasteiger partial charge is 0.240 e. The molecule has 0 aliphatic carbocycles. The molecule has 0 saturated carbocycles. The average molecular weight is 266 g/mol. The second kappa shape index (κ2) is 4.43. The molecule has 1 heterocycles. The Bertz CT molecular complexity index is 676. The molecule has 0 fully saturated rings. The Morgan fingerprint density at radius 2 is 2.11 bits per heavy atom. The lowest BCUT2D eigenvalue weighted by atomic mass is 10.2. The van der Waals surface area contributed by atoms with Crippen LogP contribution in [-0.4, -0.2) is 18.0 Å². The van der Waals surface area contributed by atoms with Crippen molar-refractivity contribution in [2.75, 3.05) is 5.73 Å². The molecule has 4 N–H and O–H groups in total. The van der Waals surface area contributed by atoms with Crippen molar-refractivity contribution >= 4 is 15.7 Å². The molecule has 0 aliphatic rings. The Labute approximate surface area is 105 Å². The van der Waals surface area contributed by atoms with Crippen LogP contribution in [0.4, 0.5) is 5.69 Å². The van der Waals surface area contributed by atoms with E-state index in [0.29, 0.717) is 17.8 Å². The van der Waals surface area contributed by atoms with Gasteiger partial charge in [-0.05, 0) is 18.2 Å². The second-order valence-corrected chi connectivity index (χ2v) is 5.37. The summed E-state index contributed by atoms with van der Waals surface area (Å²) in [4.78, 5) is 4.15. The van der Waals surface area contributed by atoms with Gasteiger partial charge in [0.1, 0.15) is 10.7 Å². The minimum atomic E-state index is -3.84. The summed E-state index contributed by atoms with van der Waals surface area (Å²) in [5.41, 5.74) is 6.41. The van der Waals surface area contributed by atoms with Gasteiger partial charge in [0.25, 0.3) is 0 Å². The lowest BCUT2D eigenvalue weighted by Crippen LogP contribution is -2.16. The second-order valence-electron chi connectivity index (χ2n) is 3.84. The van der Waals surface area contributed by atoms with E-state index in [9.17, 15) is 8.42 Å². The van der Waals surface area contributed by atoms with Gasteiger partial charge in [0.05, 0.1) is 5.69 Å². The van der Waals surface area contributed by atoms with E-state index >= 15 is 0 Å². The minimum Gasteiger partial charge on any atom is -0.399 e. The molecule has 0 bridgehead atoms. The zero-order chi connectivity index (χ0) is 13.3. The van der Waals surface area contributed by atoms with Crippen LogP contribution >= 0.6 is 0 Å². The Balaban J connectivity index is 2.72. The molecule has 0 spiro atoms. The fraction of sp³-hybridized carbons (Fsp3) is 0.182. The third-order valence-electron chi connectivity index (χ3n) is 2.58. The number of anilines is 1. The third-order valence-corrected chi connectivity index (χ3v) is 3.52. The Morgan fingerprint density at radius 1 is 1.39 bits per heavy atom. The van der Waals surface area contributed by atoms with E-state index in [-0.39, 0.29) is 4.90 Å². The number of aromatic nitrogens is 2. The molecule has 1 aromatic heterocycles. The number of hydrogen-bond donors (Lipinski definition) is 2. The van der Waals surface area contributed by atoms with Crippen LogP contribution in [0.25, 0.3) is 5.69 Å². The number of benzene rings is 1. The van der Waals surface area contributed by atoms with Crippen molar-refractivity contribution in [3.63, 3.8) is 0 Å². The molecule has 0 aliphatic heterocycles. The number of imidazole rings is 1. The van der Waals surface area contributed by atoms with Crippen molar-refractivity contribution < 1.29 is 8.42 Å². The van der Waals surface area contributed by atoms with E-state index in [1.165, 1.54) is 6.07 Å². The van der Waals surface area contributed by atoms with Gasteiger partial charge in [0.2, 0.25) is 10.0 Å². The first-order valence-corrected chi connectivity index (χ1v) is 6.93. The zero-order valence-electron chi connectivity index (χ0n) is 9.87. The summed E-state index contributed by atoms with van der Waals surface area (Å²) in [7, 11) is -3.84. The fourth-order valence-electron chi connectivity index (χ4n) is 1.77. The summed E-state index contributed by atoms with van der Waals surface area (Å²) in [6, 6.07) is 4.60. The normalized spacial score (nSPS) is 11.7. The standard InChI is InChI=1S/C11H14N4O2S/c1-2-11-14-5-6-15(11)9-4-3-8(12)7-10(9)18(13,16)17/h3-7H,2,12H2,1H3,(H2,13,16,17). The predicted octanol–water partition coefficient (Wildman–Crippen LogP) is 0.664. The maximum Gasteiger partial charge on any atom is 0.240 e. The maximum absolute atomic E-state index is 11.6. The molecular formula is C11H14N4O2S. The largest absolute Gasteiger partial charge is 0.399 e. The highest BCUT2D eigenvalue weighted by atomic mass is 32.2. The number of nitrogens with two attached hydrogens (primary N) is 2. The van der Waals surface area contributed by atoms with Crippen molar-refractivity contribution in [3.8, 4) is 5.69 Å². The summed E-state index contributed by atoms with van der Waals surface area (Å²) >= 11 is 0. The van der Waals surface area contributed by atoms with Crippen LogP contribution in [0.2, 0.25) is 0 Å². The maximum atomic E-state index is 11.6. The summed E-state index contributed by atoms with van der Waals surface area (Å²) in [5, 5.41) is 5.21. The lowest BCUT2D eigenvalue weighted by molar-refractivity contribution is 0.597. The summed E-state index contributed by atoms with van der Waals surface area (Å²) in [6.45, 7) is 1.94.